The number of aromatic nitrogens is 2. The van der Waals surface area contributed by atoms with Gasteiger partial charge in [0.1, 0.15) is 0 Å². The first-order chi connectivity index (χ1) is 8.81. The van der Waals surface area contributed by atoms with Gasteiger partial charge in [-0.15, -0.1) is 0 Å². The lowest BCUT2D eigenvalue weighted by molar-refractivity contribution is 0.698. The summed E-state index contributed by atoms with van der Waals surface area (Å²) in [7, 11) is 0. The first-order valence-corrected chi connectivity index (χ1v) is 7.16. The van der Waals surface area contributed by atoms with E-state index < -0.39 is 0 Å². The van der Waals surface area contributed by atoms with Crippen LogP contribution in [0.1, 0.15) is 11.1 Å². The van der Waals surface area contributed by atoms with Crippen molar-refractivity contribution in [1.29, 1.82) is 0 Å². The summed E-state index contributed by atoms with van der Waals surface area (Å²) in [6.45, 7) is 0.667. The minimum absolute atomic E-state index is 0.106. The van der Waals surface area contributed by atoms with Crippen molar-refractivity contribution in [1.82, 2.24) is 9.55 Å². The minimum Gasteiger partial charge on any atom is -0.298 e. The van der Waals surface area contributed by atoms with E-state index in [4.69, 9.17) is 0 Å². The molecule has 0 N–H and O–H groups in total. The van der Waals surface area contributed by atoms with E-state index >= 15 is 0 Å². The number of nitrogens with zero attached hydrogens (tertiary/aromatic N) is 2. The van der Waals surface area contributed by atoms with Crippen LogP contribution in [0.5, 0.6) is 0 Å². The molecule has 0 amide bonds. The third-order valence-electron chi connectivity index (χ3n) is 3.37. The Morgan fingerprint density at radius 2 is 2.11 bits per heavy atom. The number of fused-ring (bicyclic) bond motifs is 3. The molecule has 18 heavy (non-hydrogen) atoms. The van der Waals surface area contributed by atoms with Crippen molar-refractivity contribution in [3.8, 4) is 11.3 Å². The number of hydrogen-bond donors (Lipinski definition) is 0. The third kappa shape index (κ3) is 1.81. The highest BCUT2D eigenvalue weighted by molar-refractivity contribution is 9.09. The summed E-state index contributed by atoms with van der Waals surface area (Å²) in [5, 5.41) is 0.768. The van der Waals surface area contributed by atoms with E-state index in [0.29, 0.717) is 6.54 Å². The number of alkyl halides is 1. The molecule has 2 aromatic rings. The summed E-state index contributed by atoms with van der Waals surface area (Å²) >= 11 is 3.35. The zero-order valence-electron chi connectivity index (χ0n) is 9.90. The molecule has 0 unspecified atom stereocenters. The first-order valence-electron chi connectivity index (χ1n) is 6.04. The standard InChI is InChI=1S/C14H13BrN2O/c15-7-8-17-9-16-13-11-4-2-1-3-10(11)5-6-12(13)14(17)18/h1-4,9H,5-8H2. The second kappa shape index (κ2) is 4.69. The first kappa shape index (κ1) is 11.7. The van der Waals surface area contributed by atoms with Gasteiger partial charge in [0.05, 0.1) is 12.0 Å². The van der Waals surface area contributed by atoms with Crippen LogP contribution in [0, 0.1) is 0 Å². The fraction of sp³-hybridized carbons (Fsp3) is 0.286. The van der Waals surface area contributed by atoms with Gasteiger partial charge >= 0.3 is 0 Å². The van der Waals surface area contributed by atoms with Crippen molar-refractivity contribution in [3.63, 3.8) is 0 Å². The lowest BCUT2D eigenvalue weighted by atomic mass is 9.90. The van der Waals surface area contributed by atoms with Crippen LogP contribution in [0.2, 0.25) is 0 Å². The highest BCUT2D eigenvalue weighted by atomic mass is 79.9. The quantitative estimate of drug-likeness (QED) is 0.799. The molecule has 0 saturated carbocycles. The molecular weight excluding hydrogens is 292 g/mol. The predicted octanol–water partition coefficient (Wildman–Crippen LogP) is 2.40. The fourth-order valence-electron chi connectivity index (χ4n) is 2.47. The Morgan fingerprint density at radius 3 is 2.94 bits per heavy atom. The van der Waals surface area contributed by atoms with Crippen LogP contribution in [0.3, 0.4) is 0 Å². The number of rotatable bonds is 2. The highest BCUT2D eigenvalue weighted by Crippen LogP contribution is 2.29. The SMILES string of the molecule is O=c1c2c(ncn1CCBr)-c1ccccc1CC2. The van der Waals surface area contributed by atoms with Crippen LogP contribution in [0.4, 0.5) is 0 Å². The van der Waals surface area contributed by atoms with Crippen molar-refractivity contribution in [2.75, 3.05) is 5.33 Å². The lowest BCUT2D eigenvalue weighted by Crippen LogP contribution is -2.27. The fourth-order valence-corrected chi connectivity index (χ4v) is 2.85. The predicted molar refractivity (Wildman–Crippen MR) is 75.1 cm³/mol. The van der Waals surface area contributed by atoms with Gasteiger partial charge in [-0.3, -0.25) is 9.36 Å². The normalized spacial score (nSPS) is 12.9. The molecule has 1 heterocycles. The van der Waals surface area contributed by atoms with Crippen molar-refractivity contribution < 1.29 is 0 Å². The Morgan fingerprint density at radius 1 is 1.28 bits per heavy atom. The zero-order valence-corrected chi connectivity index (χ0v) is 11.5. The van der Waals surface area contributed by atoms with Crippen LogP contribution in [0.15, 0.2) is 35.4 Å². The number of hydrogen-bond acceptors (Lipinski definition) is 2. The molecule has 0 bridgehead atoms. The van der Waals surface area contributed by atoms with Crippen LogP contribution in [-0.4, -0.2) is 14.9 Å². The van der Waals surface area contributed by atoms with E-state index in [1.165, 1.54) is 5.56 Å². The van der Waals surface area contributed by atoms with E-state index in [1.807, 2.05) is 12.1 Å². The Bertz CT molecular complexity index is 648. The Kier molecular flexibility index (Phi) is 3.04. The molecule has 0 aliphatic heterocycles. The van der Waals surface area contributed by atoms with Crippen LogP contribution in [-0.2, 0) is 19.4 Å². The van der Waals surface area contributed by atoms with Crippen molar-refractivity contribution in [2.45, 2.75) is 19.4 Å². The van der Waals surface area contributed by atoms with Crippen LogP contribution >= 0.6 is 15.9 Å². The molecule has 0 radical (unpaired) electrons. The van der Waals surface area contributed by atoms with E-state index in [9.17, 15) is 4.79 Å². The van der Waals surface area contributed by atoms with E-state index in [2.05, 4.69) is 33.0 Å². The van der Waals surface area contributed by atoms with Gasteiger partial charge in [0.25, 0.3) is 5.56 Å². The van der Waals surface area contributed by atoms with Gasteiger partial charge < -0.3 is 0 Å². The number of benzene rings is 1. The zero-order chi connectivity index (χ0) is 12.5. The maximum Gasteiger partial charge on any atom is 0.257 e. The average molecular weight is 305 g/mol. The maximum atomic E-state index is 12.3. The number of aryl methyl sites for hydroxylation is 2. The summed E-state index contributed by atoms with van der Waals surface area (Å²) in [4.78, 5) is 16.8. The van der Waals surface area contributed by atoms with Crippen molar-refractivity contribution in [3.05, 3.63) is 52.1 Å². The molecule has 3 nitrogen and oxygen atoms in total. The summed E-state index contributed by atoms with van der Waals surface area (Å²) < 4.78 is 1.68. The molecule has 3 rings (SSSR count). The minimum atomic E-state index is 0.106. The monoisotopic (exact) mass is 304 g/mol. The number of halogens is 1. The van der Waals surface area contributed by atoms with Gasteiger partial charge in [-0.25, -0.2) is 4.98 Å². The topological polar surface area (TPSA) is 34.9 Å². The molecule has 0 atom stereocenters. The van der Waals surface area contributed by atoms with E-state index in [0.717, 1.165) is 35.0 Å². The van der Waals surface area contributed by atoms with Gasteiger partial charge in [0, 0.05) is 23.0 Å². The molecule has 0 spiro atoms. The van der Waals surface area contributed by atoms with Gasteiger partial charge in [0.2, 0.25) is 0 Å². The van der Waals surface area contributed by atoms with E-state index in [1.54, 1.807) is 10.9 Å². The van der Waals surface area contributed by atoms with Crippen LogP contribution < -0.4 is 5.56 Å². The largest absolute Gasteiger partial charge is 0.298 e. The lowest BCUT2D eigenvalue weighted by Gasteiger charge is -2.18. The second-order valence-corrected chi connectivity index (χ2v) is 5.21. The molecule has 1 aromatic carbocycles. The summed E-state index contributed by atoms with van der Waals surface area (Å²) in [5.74, 6) is 0. The van der Waals surface area contributed by atoms with Gasteiger partial charge in [-0.1, -0.05) is 40.2 Å². The average Bonchev–Trinajstić information content (AvgIpc) is 2.42. The molecule has 1 aliphatic rings. The summed E-state index contributed by atoms with van der Waals surface area (Å²) in [6, 6.07) is 8.20. The van der Waals surface area contributed by atoms with Gasteiger partial charge in [0.15, 0.2) is 0 Å². The van der Waals surface area contributed by atoms with Crippen LogP contribution in [0.25, 0.3) is 11.3 Å². The maximum absolute atomic E-state index is 12.3. The van der Waals surface area contributed by atoms with E-state index in [-0.39, 0.29) is 5.56 Å². The molecule has 0 saturated heterocycles. The smallest absolute Gasteiger partial charge is 0.257 e. The summed E-state index contributed by atoms with van der Waals surface area (Å²) in [5.41, 5.74) is 4.23. The Balaban J connectivity index is 2.19. The summed E-state index contributed by atoms with van der Waals surface area (Å²) in [6.07, 6.45) is 3.38. The Hall–Kier alpha value is -1.42. The Labute approximate surface area is 114 Å². The molecule has 4 heteroatoms. The van der Waals surface area contributed by atoms with Crippen molar-refractivity contribution in [2.24, 2.45) is 0 Å². The molecule has 1 aliphatic carbocycles. The molecule has 0 fully saturated rings. The van der Waals surface area contributed by atoms with Crippen molar-refractivity contribution >= 4 is 15.9 Å². The molecular formula is C14H13BrN2O. The third-order valence-corrected chi connectivity index (χ3v) is 3.73. The molecule has 92 valence electrons. The van der Waals surface area contributed by atoms with Gasteiger partial charge in [-0.05, 0) is 18.4 Å². The van der Waals surface area contributed by atoms with Gasteiger partial charge in [-0.2, -0.15) is 0 Å². The second-order valence-electron chi connectivity index (χ2n) is 4.42. The highest BCUT2D eigenvalue weighted by Gasteiger charge is 2.20. The molecule has 1 aromatic heterocycles.